The topological polar surface area (TPSA) is 38.9 Å². The van der Waals surface area contributed by atoms with Crippen molar-refractivity contribution in [2.24, 2.45) is 0 Å². The van der Waals surface area contributed by atoms with Crippen molar-refractivity contribution in [3.63, 3.8) is 0 Å². The van der Waals surface area contributed by atoms with Crippen molar-refractivity contribution in [1.82, 2.24) is 10.3 Å². The van der Waals surface area contributed by atoms with E-state index < -0.39 is 0 Å². The predicted octanol–water partition coefficient (Wildman–Crippen LogP) is 1.37. The Balaban J connectivity index is 2.94. The lowest BCUT2D eigenvalue weighted by molar-refractivity contribution is 0.301. The summed E-state index contributed by atoms with van der Waals surface area (Å²) in [5, 5.41) is 7.36. The largest absolute Gasteiger partial charge is 0.244 e. The van der Waals surface area contributed by atoms with Gasteiger partial charge in [-0.1, -0.05) is 10.3 Å². The van der Waals surface area contributed by atoms with E-state index in [4.69, 9.17) is 0 Å². The first-order valence-electron chi connectivity index (χ1n) is 2.69. The Hall–Kier alpha value is -0.510. The molecule has 0 saturated carbocycles. The van der Waals surface area contributed by atoms with Gasteiger partial charge in [0.1, 0.15) is 11.4 Å². The van der Waals surface area contributed by atoms with Crippen LogP contribution in [0.25, 0.3) is 0 Å². The van der Waals surface area contributed by atoms with E-state index in [9.17, 15) is 0 Å². The summed E-state index contributed by atoms with van der Waals surface area (Å²) in [4.78, 5) is 0. The van der Waals surface area contributed by atoms with E-state index in [0.717, 1.165) is 11.4 Å². The van der Waals surface area contributed by atoms with Gasteiger partial charge in [-0.3, -0.25) is 0 Å². The molecule has 0 N–H and O–H groups in total. The summed E-state index contributed by atoms with van der Waals surface area (Å²) in [6.07, 6.45) is 0. The first kappa shape index (κ1) is 6.61. The monoisotopic (exact) mass is 144 g/mol. The highest BCUT2D eigenvalue weighted by Crippen LogP contribution is 2.17. The van der Waals surface area contributed by atoms with Gasteiger partial charge in [0.05, 0.1) is 0 Å². The number of hydrogen-bond acceptors (Lipinski definition) is 4. The fraction of sp³-hybridized carbons (Fsp3) is 0.600. The van der Waals surface area contributed by atoms with Gasteiger partial charge in [-0.25, -0.2) is 4.63 Å². The number of rotatable bonds is 1. The van der Waals surface area contributed by atoms with Crippen LogP contribution in [0.1, 0.15) is 23.6 Å². The fourth-order valence-corrected chi connectivity index (χ4v) is 0.851. The second kappa shape index (κ2) is 2.39. The SMILES string of the molecule is Cc1nonc1C(C)S. The van der Waals surface area contributed by atoms with Crippen LogP contribution in [-0.4, -0.2) is 10.3 Å². The van der Waals surface area contributed by atoms with E-state index in [2.05, 4.69) is 27.6 Å². The van der Waals surface area contributed by atoms with Crippen molar-refractivity contribution in [3.8, 4) is 0 Å². The highest BCUT2D eigenvalue weighted by Gasteiger charge is 2.08. The van der Waals surface area contributed by atoms with Gasteiger partial charge in [-0.15, -0.1) is 0 Å². The summed E-state index contributed by atoms with van der Waals surface area (Å²) in [7, 11) is 0. The Labute approximate surface area is 58.8 Å². The number of aromatic nitrogens is 2. The maximum atomic E-state index is 4.46. The van der Waals surface area contributed by atoms with Crippen LogP contribution in [0.3, 0.4) is 0 Å². The molecule has 50 valence electrons. The van der Waals surface area contributed by atoms with Gasteiger partial charge in [0, 0.05) is 5.25 Å². The highest BCUT2D eigenvalue weighted by molar-refractivity contribution is 7.80. The zero-order chi connectivity index (χ0) is 6.85. The van der Waals surface area contributed by atoms with Crippen LogP contribution in [0.5, 0.6) is 0 Å². The standard InChI is InChI=1S/C5H8N2OS/c1-3-5(4(2)9)7-8-6-3/h4,9H,1-2H3. The minimum absolute atomic E-state index is 0.108. The van der Waals surface area contributed by atoms with Crippen LogP contribution in [-0.2, 0) is 0 Å². The Morgan fingerprint density at radius 1 is 1.56 bits per heavy atom. The molecule has 9 heavy (non-hydrogen) atoms. The summed E-state index contributed by atoms with van der Waals surface area (Å²) in [5.74, 6) is 0. The molecule has 1 heterocycles. The zero-order valence-electron chi connectivity index (χ0n) is 5.33. The van der Waals surface area contributed by atoms with E-state index in [0.29, 0.717) is 0 Å². The molecule has 0 aliphatic carbocycles. The lowest BCUT2D eigenvalue weighted by atomic mass is 10.3. The Kier molecular flexibility index (Phi) is 1.75. The maximum Gasteiger partial charge on any atom is 0.120 e. The summed E-state index contributed by atoms with van der Waals surface area (Å²) in [6, 6.07) is 0. The van der Waals surface area contributed by atoms with Crippen LogP contribution < -0.4 is 0 Å². The molecular weight excluding hydrogens is 136 g/mol. The number of hydrogen-bond donors (Lipinski definition) is 1. The maximum absolute atomic E-state index is 4.46. The molecule has 0 spiro atoms. The molecule has 0 aromatic carbocycles. The van der Waals surface area contributed by atoms with Crippen molar-refractivity contribution in [2.45, 2.75) is 19.1 Å². The quantitative estimate of drug-likeness (QED) is 0.605. The average Bonchev–Trinajstić information content (AvgIpc) is 2.13. The molecule has 1 unspecified atom stereocenters. The molecule has 0 saturated heterocycles. The van der Waals surface area contributed by atoms with Gasteiger partial charge in [0.25, 0.3) is 0 Å². The van der Waals surface area contributed by atoms with Crippen LogP contribution >= 0.6 is 12.6 Å². The highest BCUT2D eigenvalue weighted by atomic mass is 32.1. The average molecular weight is 144 g/mol. The van der Waals surface area contributed by atoms with E-state index >= 15 is 0 Å². The van der Waals surface area contributed by atoms with E-state index in [1.165, 1.54) is 0 Å². The minimum atomic E-state index is 0.108. The van der Waals surface area contributed by atoms with Crippen molar-refractivity contribution < 1.29 is 4.63 Å². The summed E-state index contributed by atoms with van der Waals surface area (Å²) < 4.78 is 4.46. The van der Waals surface area contributed by atoms with Gasteiger partial charge in [0.2, 0.25) is 0 Å². The molecule has 3 nitrogen and oxygen atoms in total. The molecule has 0 aliphatic heterocycles. The zero-order valence-corrected chi connectivity index (χ0v) is 6.22. The Bertz CT molecular complexity index is 197. The van der Waals surface area contributed by atoms with Gasteiger partial charge >= 0.3 is 0 Å². The molecule has 0 bridgehead atoms. The van der Waals surface area contributed by atoms with Crippen molar-refractivity contribution in [2.75, 3.05) is 0 Å². The van der Waals surface area contributed by atoms with Gasteiger partial charge in [-0.2, -0.15) is 12.6 Å². The second-order valence-corrected chi connectivity index (χ2v) is 2.69. The molecule has 0 aliphatic rings. The molecule has 1 rings (SSSR count). The number of aryl methyl sites for hydroxylation is 1. The van der Waals surface area contributed by atoms with Gasteiger partial charge in [-0.05, 0) is 13.8 Å². The lowest BCUT2D eigenvalue weighted by Gasteiger charge is -1.94. The van der Waals surface area contributed by atoms with Gasteiger partial charge in [0.15, 0.2) is 0 Å². The minimum Gasteiger partial charge on any atom is -0.244 e. The van der Waals surface area contributed by atoms with Crippen LogP contribution in [0.4, 0.5) is 0 Å². The fourth-order valence-electron chi connectivity index (χ4n) is 0.617. The third-order valence-electron chi connectivity index (χ3n) is 1.08. The van der Waals surface area contributed by atoms with Gasteiger partial charge < -0.3 is 0 Å². The Morgan fingerprint density at radius 3 is 2.44 bits per heavy atom. The molecule has 1 atom stereocenters. The van der Waals surface area contributed by atoms with Crippen LogP contribution in [0.15, 0.2) is 4.63 Å². The predicted molar refractivity (Wildman–Crippen MR) is 36.4 cm³/mol. The second-order valence-electron chi connectivity index (χ2n) is 1.91. The van der Waals surface area contributed by atoms with Crippen molar-refractivity contribution >= 4 is 12.6 Å². The smallest absolute Gasteiger partial charge is 0.120 e. The van der Waals surface area contributed by atoms with Crippen molar-refractivity contribution in [3.05, 3.63) is 11.4 Å². The van der Waals surface area contributed by atoms with E-state index in [-0.39, 0.29) is 5.25 Å². The molecule has 0 radical (unpaired) electrons. The molecular formula is C5H8N2OS. The van der Waals surface area contributed by atoms with E-state index in [1.807, 2.05) is 13.8 Å². The van der Waals surface area contributed by atoms with Crippen LogP contribution in [0, 0.1) is 6.92 Å². The third kappa shape index (κ3) is 1.24. The van der Waals surface area contributed by atoms with E-state index in [1.54, 1.807) is 0 Å². The first-order chi connectivity index (χ1) is 4.22. The lowest BCUT2D eigenvalue weighted by Crippen LogP contribution is -1.86. The molecule has 1 aromatic rings. The number of nitrogens with zero attached hydrogens (tertiary/aromatic N) is 2. The normalized spacial score (nSPS) is 13.7. The third-order valence-corrected chi connectivity index (χ3v) is 1.33. The molecule has 4 heteroatoms. The number of thiol groups is 1. The summed E-state index contributed by atoms with van der Waals surface area (Å²) >= 11 is 4.16. The van der Waals surface area contributed by atoms with Crippen LogP contribution in [0.2, 0.25) is 0 Å². The first-order valence-corrected chi connectivity index (χ1v) is 3.20. The molecule has 0 fully saturated rings. The summed E-state index contributed by atoms with van der Waals surface area (Å²) in [6.45, 7) is 3.77. The Morgan fingerprint density at radius 2 is 2.22 bits per heavy atom. The summed E-state index contributed by atoms with van der Waals surface area (Å²) in [5.41, 5.74) is 1.64. The molecule has 1 aromatic heterocycles. The molecule has 0 amide bonds. The van der Waals surface area contributed by atoms with Crippen molar-refractivity contribution in [1.29, 1.82) is 0 Å².